The molecule has 3 aromatic rings. The first kappa shape index (κ1) is 19.8. The highest BCUT2D eigenvalue weighted by Crippen LogP contribution is 2.26. The van der Waals surface area contributed by atoms with Gasteiger partial charge in [-0.3, -0.25) is 0 Å². The molecule has 4 nitrogen and oxygen atoms in total. The van der Waals surface area contributed by atoms with E-state index in [1.54, 1.807) is 24.3 Å². The molecule has 0 saturated carbocycles. The van der Waals surface area contributed by atoms with E-state index in [1.165, 1.54) is 48.5 Å². The summed E-state index contributed by atoms with van der Waals surface area (Å²) in [6.45, 7) is 0. The van der Waals surface area contributed by atoms with Gasteiger partial charge in [-0.05, 0) is 118 Å². The molecule has 0 fully saturated rings. The van der Waals surface area contributed by atoms with Crippen LogP contribution in [0.1, 0.15) is 0 Å². The van der Waals surface area contributed by atoms with Gasteiger partial charge in [-0.1, -0.05) is 0 Å². The van der Waals surface area contributed by atoms with Crippen LogP contribution in [0, 0.1) is 7.14 Å². The third-order valence-electron chi connectivity index (χ3n) is 3.69. The third kappa shape index (κ3) is 3.97. The average Bonchev–Trinajstić information content (AvgIpc) is 2.62. The molecule has 8 heteroatoms. The molecule has 0 spiro atoms. The monoisotopic (exact) mass is 610 g/mol. The van der Waals surface area contributed by atoms with Gasteiger partial charge < -0.3 is 0 Å². The predicted octanol–water partition coefficient (Wildman–Crippen LogP) is 4.56. The molecule has 134 valence electrons. The van der Waals surface area contributed by atoms with Crippen molar-refractivity contribution in [1.29, 1.82) is 0 Å². The minimum atomic E-state index is -3.69. The largest absolute Gasteiger partial charge is 0.219 e. The number of benzene rings is 3. The van der Waals surface area contributed by atoms with Gasteiger partial charge in [0.2, 0.25) is 19.7 Å². The summed E-state index contributed by atoms with van der Waals surface area (Å²) in [5, 5.41) is 0. The fourth-order valence-corrected chi connectivity index (χ4v) is 5.54. The van der Waals surface area contributed by atoms with Crippen molar-refractivity contribution in [2.45, 2.75) is 19.6 Å². The molecule has 0 bridgehead atoms. The van der Waals surface area contributed by atoms with E-state index in [9.17, 15) is 16.8 Å². The van der Waals surface area contributed by atoms with Crippen molar-refractivity contribution in [3.8, 4) is 0 Å². The maximum atomic E-state index is 12.7. The van der Waals surface area contributed by atoms with E-state index in [0.29, 0.717) is 0 Å². The van der Waals surface area contributed by atoms with Gasteiger partial charge in [0.05, 0.1) is 19.6 Å². The SMILES string of the molecule is O=S(=O)(c1ccc(I)cc1)c1ccc(S(=O)(=O)c2ccc(I)cc2)cc1. The number of rotatable bonds is 4. The molecule has 0 aromatic heterocycles. The zero-order valence-electron chi connectivity index (χ0n) is 13.1. The second-order valence-electron chi connectivity index (χ2n) is 5.39. The summed E-state index contributed by atoms with van der Waals surface area (Å²) in [5.41, 5.74) is 0. The van der Waals surface area contributed by atoms with Crippen LogP contribution in [0.25, 0.3) is 0 Å². The van der Waals surface area contributed by atoms with Crippen molar-refractivity contribution >= 4 is 64.9 Å². The van der Waals surface area contributed by atoms with Crippen LogP contribution in [0.15, 0.2) is 92.4 Å². The Labute approximate surface area is 179 Å². The third-order valence-corrected chi connectivity index (χ3v) is 8.70. The molecular weight excluding hydrogens is 598 g/mol. The molecule has 0 aliphatic rings. The lowest BCUT2D eigenvalue weighted by Gasteiger charge is -2.08. The summed E-state index contributed by atoms with van der Waals surface area (Å²) in [6, 6.07) is 18.3. The van der Waals surface area contributed by atoms with Crippen LogP contribution in [-0.2, 0) is 19.7 Å². The van der Waals surface area contributed by atoms with Crippen molar-refractivity contribution in [3.05, 3.63) is 79.9 Å². The van der Waals surface area contributed by atoms with Crippen molar-refractivity contribution in [3.63, 3.8) is 0 Å². The summed E-state index contributed by atoms with van der Waals surface area (Å²) in [4.78, 5) is 0.456. The van der Waals surface area contributed by atoms with Gasteiger partial charge in [-0.25, -0.2) is 16.8 Å². The van der Waals surface area contributed by atoms with Gasteiger partial charge >= 0.3 is 0 Å². The molecule has 0 unspecified atom stereocenters. The molecule has 0 aliphatic heterocycles. The first-order chi connectivity index (χ1) is 12.2. The molecule has 0 saturated heterocycles. The first-order valence-electron chi connectivity index (χ1n) is 7.33. The van der Waals surface area contributed by atoms with E-state index in [2.05, 4.69) is 45.2 Å². The summed E-state index contributed by atoms with van der Waals surface area (Å²) in [5.74, 6) is 0. The van der Waals surface area contributed by atoms with Crippen LogP contribution in [0.3, 0.4) is 0 Å². The molecule has 0 atom stereocenters. The van der Waals surface area contributed by atoms with Crippen molar-refractivity contribution in [1.82, 2.24) is 0 Å². The topological polar surface area (TPSA) is 68.3 Å². The summed E-state index contributed by atoms with van der Waals surface area (Å²) in [7, 11) is -7.37. The molecule has 0 N–H and O–H groups in total. The average molecular weight is 610 g/mol. The molecule has 0 heterocycles. The fraction of sp³-hybridized carbons (Fsp3) is 0. The zero-order valence-corrected chi connectivity index (χ0v) is 19.1. The molecular formula is C18H12I2O4S2. The van der Waals surface area contributed by atoms with Crippen molar-refractivity contribution in [2.75, 3.05) is 0 Å². The highest BCUT2D eigenvalue weighted by atomic mass is 127. The Hall–Kier alpha value is -0.980. The zero-order chi connectivity index (χ0) is 18.9. The van der Waals surface area contributed by atoms with E-state index in [-0.39, 0.29) is 19.6 Å². The Balaban J connectivity index is 1.98. The highest BCUT2D eigenvalue weighted by Gasteiger charge is 2.21. The lowest BCUT2D eigenvalue weighted by Crippen LogP contribution is -2.05. The Morgan fingerprint density at radius 2 is 0.615 bits per heavy atom. The van der Waals surface area contributed by atoms with Crippen LogP contribution in [0.2, 0.25) is 0 Å². The van der Waals surface area contributed by atoms with E-state index in [1.807, 2.05) is 0 Å². The molecule has 0 aliphatic carbocycles. The van der Waals surface area contributed by atoms with Gasteiger partial charge in [-0.15, -0.1) is 0 Å². The minimum absolute atomic E-state index is 0.0558. The van der Waals surface area contributed by atoms with Crippen molar-refractivity contribution < 1.29 is 16.8 Å². The Morgan fingerprint density at radius 3 is 0.846 bits per heavy atom. The lowest BCUT2D eigenvalue weighted by atomic mass is 10.4. The number of hydrogen-bond acceptors (Lipinski definition) is 4. The molecule has 0 amide bonds. The fourth-order valence-electron chi connectivity index (χ4n) is 2.30. The van der Waals surface area contributed by atoms with Crippen molar-refractivity contribution in [2.24, 2.45) is 0 Å². The molecule has 3 rings (SSSR count). The van der Waals surface area contributed by atoms with Gasteiger partial charge in [0.25, 0.3) is 0 Å². The van der Waals surface area contributed by atoms with E-state index >= 15 is 0 Å². The molecule has 0 radical (unpaired) electrons. The van der Waals surface area contributed by atoms with Gasteiger partial charge in [0, 0.05) is 7.14 Å². The molecule has 26 heavy (non-hydrogen) atoms. The lowest BCUT2D eigenvalue weighted by molar-refractivity contribution is 0.592. The highest BCUT2D eigenvalue weighted by molar-refractivity contribution is 14.1. The normalized spacial score (nSPS) is 12.1. The smallest absolute Gasteiger partial charge is 0.206 e. The second-order valence-corrected chi connectivity index (χ2v) is 11.8. The maximum Gasteiger partial charge on any atom is 0.206 e. The van der Waals surface area contributed by atoms with Crippen LogP contribution in [0.5, 0.6) is 0 Å². The van der Waals surface area contributed by atoms with Gasteiger partial charge in [-0.2, -0.15) is 0 Å². The number of halogens is 2. The first-order valence-corrected chi connectivity index (χ1v) is 12.4. The maximum absolute atomic E-state index is 12.7. The van der Waals surface area contributed by atoms with Crippen LogP contribution in [0.4, 0.5) is 0 Å². The predicted molar refractivity (Wildman–Crippen MR) is 116 cm³/mol. The van der Waals surface area contributed by atoms with E-state index in [0.717, 1.165) is 7.14 Å². The standard InChI is InChI=1S/C18H12I2O4S2/c19-13-1-5-15(6-2-13)25(21,22)17-9-11-18(12-10-17)26(23,24)16-7-3-14(20)4-8-16/h1-12H. The van der Waals surface area contributed by atoms with Crippen LogP contribution < -0.4 is 0 Å². The Kier molecular flexibility index (Phi) is 5.75. The van der Waals surface area contributed by atoms with Gasteiger partial charge in [0.1, 0.15) is 0 Å². The van der Waals surface area contributed by atoms with Crippen LogP contribution in [-0.4, -0.2) is 16.8 Å². The van der Waals surface area contributed by atoms with Crippen LogP contribution >= 0.6 is 45.2 Å². The Morgan fingerprint density at radius 1 is 0.423 bits per heavy atom. The van der Waals surface area contributed by atoms with Gasteiger partial charge in [0.15, 0.2) is 0 Å². The Bertz CT molecular complexity index is 1040. The summed E-state index contributed by atoms with van der Waals surface area (Å²) in [6.07, 6.45) is 0. The number of hydrogen-bond donors (Lipinski definition) is 0. The summed E-state index contributed by atoms with van der Waals surface area (Å²) < 4.78 is 52.5. The number of sulfone groups is 2. The minimum Gasteiger partial charge on any atom is -0.219 e. The second kappa shape index (κ2) is 7.56. The van der Waals surface area contributed by atoms with E-state index in [4.69, 9.17) is 0 Å². The summed E-state index contributed by atoms with van der Waals surface area (Å²) >= 11 is 4.20. The molecule has 3 aromatic carbocycles. The quantitative estimate of drug-likeness (QED) is 0.407. The van der Waals surface area contributed by atoms with E-state index < -0.39 is 19.7 Å².